The van der Waals surface area contributed by atoms with Crippen LogP contribution >= 0.6 is 0 Å². The molecule has 0 aliphatic carbocycles. The molecule has 7 nitrogen and oxygen atoms in total. The first-order valence-electron chi connectivity index (χ1n) is 6.01. The quantitative estimate of drug-likeness (QED) is 0.281. The second kappa shape index (κ2) is 6.37. The number of nitrogens with zero attached hydrogens (tertiary/aromatic N) is 2. The molecule has 7 heteroatoms. The number of anilines is 1. The summed E-state index contributed by atoms with van der Waals surface area (Å²) in [5, 5.41) is 20.7. The summed E-state index contributed by atoms with van der Waals surface area (Å²) < 4.78 is 0. The first-order chi connectivity index (χ1) is 9.70. The predicted molar refractivity (Wildman–Crippen MR) is 74.3 cm³/mol. The van der Waals surface area contributed by atoms with Gasteiger partial charge < -0.3 is 16.3 Å². The fraction of sp³-hybridized carbons (Fsp3) is 0.154. The third-order valence-corrected chi connectivity index (χ3v) is 2.84. The highest BCUT2D eigenvalue weighted by Crippen LogP contribution is 2.12. The lowest BCUT2D eigenvalue weighted by atomic mass is 9.97. The van der Waals surface area contributed by atoms with Gasteiger partial charge in [-0.3, -0.25) is 9.89 Å². The number of aromatic nitrogens is 2. The van der Waals surface area contributed by atoms with Crippen LogP contribution in [0.15, 0.2) is 47.9 Å². The molecule has 0 saturated carbocycles. The van der Waals surface area contributed by atoms with Gasteiger partial charge in [-0.1, -0.05) is 35.5 Å². The molecule has 20 heavy (non-hydrogen) atoms. The molecule has 1 atom stereocenters. The third-order valence-electron chi connectivity index (χ3n) is 2.84. The van der Waals surface area contributed by atoms with Crippen molar-refractivity contribution in [1.29, 1.82) is 0 Å². The maximum Gasteiger partial charge on any atom is 0.235 e. The zero-order valence-corrected chi connectivity index (χ0v) is 10.7. The molecule has 1 unspecified atom stereocenters. The van der Waals surface area contributed by atoms with Crippen LogP contribution < -0.4 is 11.1 Å². The minimum atomic E-state index is -0.753. The Kier molecular flexibility index (Phi) is 4.33. The summed E-state index contributed by atoms with van der Waals surface area (Å²) in [5.74, 6) is -1.24. The number of amidine groups is 1. The van der Waals surface area contributed by atoms with E-state index in [2.05, 4.69) is 20.7 Å². The fourth-order valence-corrected chi connectivity index (χ4v) is 1.80. The number of carbonyl (C=O) groups is 1. The van der Waals surface area contributed by atoms with Gasteiger partial charge in [0, 0.05) is 6.20 Å². The van der Waals surface area contributed by atoms with Crippen molar-refractivity contribution in [2.24, 2.45) is 16.8 Å². The number of oxime groups is 1. The summed E-state index contributed by atoms with van der Waals surface area (Å²) in [6, 6.07) is 9.37. The number of benzene rings is 1. The van der Waals surface area contributed by atoms with Crippen LogP contribution in [0.4, 0.5) is 5.69 Å². The monoisotopic (exact) mass is 273 g/mol. The Hall–Kier alpha value is -2.83. The largest absolute Gasteiger partial charge is 0.409 e. The molecule has 5 N–H and O–H groups in total. The van der Waals surface area contributed by atoms with Gasteiger partial charge in [0.2, 0.25) is 5.91 Å². The SMILES string of the molecule is NC(=NO)C(Cc1ccccc1)C(=O)Nc1cn[nH]c1. The van der Waals surface area contributed by atoms with Crippen molar-refractivity contribution in [1.82, 2.24) is 10.2 Å². The number of nitrogens with one attached hydrogen (secondary N) is 2. The molecule has 1 aromatic carbocycles. The lowest BCUT2D eigenvalue weighted by Crippen LogP contribution is -2.36. The van der Waals surface area contributed by atoms with Crippen LogP contribution in [-0.2, 0) is 11.2 Å². The van der Waals surface area contributed by atoms with E-state index in [4.69, 9.17) is 10.9 Å². The summed E-state index contributed by atoms with van der Waals surface area (Å²) in [6.07, 6.45) is 3.37. The van der Waals surface area contributed by atoms with Gasteiger partial charge in [-0.25, -0.2) is 0 Å². The summed E-state index contributed by atoms with van der Waals surface area (Å²) in [4.78, 5) is 12.2. The number of hydrogen-bond acceptors (Lipinski definition) is 4. The molecule has 0 saturated heterocycles. The number of rotatable bonds is 5. The van der Waals surface area contributed by atoms with Gasteiger partial charge in [-0.2, -0.15) is 5.10 Å². The minimum absolute atomic E-state index is 0.130. The number of amides is 1. The molecule has 1 aromatic heterocycles. The average molecular weight is 273 g/mol. The van der Waals surface area contributed by atoms with Crippen molar-refractivity contribution in [3.05, 3.63) is 48.3 Å². The zero-order chi connectivity index (χ0) is 14.4. The van der Waals surface area contributed by atoms with Crippen LogP contribution in [0.1, 0.15) is 5.56 Å². The lowest BCUT2D eigenvalue weighted by Gasteiger charge is -2.14. The predicted octanol–water partition coefficient (Wildman–Crippen LogP) is 0.953. The van der Waals surface area contributed by atoms with E-state index in [-0.39, 0.29) is 11.7 Å². The lowest BCUT2D eigenvalue weighted by molar-refractivity contribution is -0.118. The maximum atomic E-state index is 12.2. The van der Waals surface area contributed by atoms with Gasteiger partial charge in [0.05, 0.1) is 11.9 Å². The van der Waals surface area contributed by atoms with Gasteiger partial charge in [0.15, 0.2) is 5.84 Å². The molecule has 104 valence electrons. The number of hydrogen-bond donors (Lipinski definition) is 4. The highest BCUT2D eigenvalue weighted by Gasteiger charge is 2.24. The van der Waals surface area contributed by atoms with Gasteiger partial charge in [0.1, 0.15) is 5.92 Å². The van der Waals surface area contributed by atoms with Gasteiger partial charge in [-0.05, 0) is 12.0 Å². The molecular weight excluding hydrogens is 258 g/mol. The molecule has 1 heterocycles. The Labute approximate surface area is 115 Å². The Balaban J connectivity index is 2.13. The molecule has 2 rings (SSSR count). The first kappa shape index (κ1) is 13.6. The molecule has 0 fully saturated rings. The van der Waals surface area contributed by atoms with E-state index in [1.165, 1.54) is 6.20 Å². The molecule has 0 radical (unpaired) electrons. The minimum Gasteiger partial charge on any atom is -0.409 e. The van der Waals surface area contributed by atoms with Crippen LogP contribution in [0.25, 0.3) is 0 Å². The smallest absolute Gasteiger partial charge is 0.235 e. The van der Waals surface area contributed by atoms with E-state index >= 15 is 0 Å². The molecule has 0 bridgehead atoms. The number of aromatic amines is 1. The van der Waals surface area contributed by atoms with Crippen molar-refractivity contribution >= 4 is 17.4 Å². The maximum absolute atomic E-state index is 12.2. The second-order valence-electron chi connectivity index (χ2n) is 4.24. The van der Waals surface area contributed by atoms with Crippen molar-refractivity contribution in [3.8, 4) is 0 Å². The third kappa shape index (κ3) is 3.35. The van der Waals surface area contributed by atoms with Crippen LogP contribution in [0, 0.1) is 5.92 Å². The van der Waals surface area contributed by atoms with Crippen molar-refractivity contribution in [2.45, 2.75) is 6.42 Å². The van der Waals surface area contributed by atoms with Crippen molar-refractivity contribution < 1.29 is 10.0 Å². The molecule has 0 aliphatic heterocycles. The Morgan fingerprint density at radius 2 is 2.20 bits per heavy atom. The topological polar surface area (TPSA) is 116 Å². The van der Waals surface area contributed by atoms with Crippen LogP contribution in [0.2, 0.25) is 0 Å². The van der Waals surface area contributed by atoms with Crippen LogP contribution in [-0.4, -0.2) is 27.1 Å². The molecule has 0 spiro atoms. The normalized spacial score (nSPS) is 12.9. The Bertz CT molecular complexity index is 580. The summed E-state index contributed by atoms with van der Waals surface area (Å²) >= 11 is 0. The van der Waals surface area contributed by atoms with E-state index in [0.717, 1.165) is 5.56 Å². The van der Waals surface area contributed by atoms with Crippen LogP contribution in [0.3, 0.4) is 0 Å². The van der Waals surface area contributed by atoms with E-state index in [9.17, 15) is 4.79 Å². The van der Waals surface area contributed by atoms with E-state index < -0.39 is 5.92 Å². The summed E-state index contributed by atoms with van der Waals surface area (Å²) in [6.45, 7) is 0. The highest BCUT2D eigenvalue weighted by atomic mass is 16.4. The highest BCUT2D eigenvalue weighted by molar-refractivity contribution is 6.07. The number of H-pyrrole nitrogens is 1. The van der Waals surface area contributed by atoms with E-state index in [0.29, 0.717) is 12.1 Å². The molecular formula is C13H15N5O2. The average Bonchev–Trinajstić information content (AvgIpc) is 2.98. The van der Waals surface area contributed by atoms with E-state index in [1.54, 1.807) is 6.20 Å². The molecule has 2 aromatic rings. The van der Waals surface area contributed by atoms with Crippen LogP contribution in [0.5, 0.6) is 0 Å². The standard InChI is InChI=1S/C13H15N5O2/c14-12(18-20)11(6-9-4-2-1-3-5-9)13(19)17-10-7-15-16-8-10/h1-5,7-8,11,20H,6H2,(H2,14,18)(H,15,16)(H,17,19). The number of nitrogens with two attached hydrogens (primary N) is 1. The Morgan fingerprint density at radius 1 is 1.45 bits per heavy atom. The fourth-order valence-electron chi connectivity index (χ4n) is 1.80. The summed E-state index contributed by atoms with van der Waals surface area (Å²) in [5.41, 5.74) is 7.06. The van der Waals surface area contributed by atoms with Gasteiger partial charge in [0.25, 0.3) is 0 Å². The van der Waals surface area contributed by atoms with E-state index in [1.807, 2.05) is 30.3 Å². The molecule has 0 aliphatic rings. The number of carbonyl (C=O) groups excluding carboxylic acids is 1. The summed E-state index contributed by atoms with van der Waals surface area (Å²) in [7, 11) is 0. The van der Waals surface area contributed by atoms with Crippen molar-refractivity contribution in [2.75, 3.05) is 5.32 Å². The zero-order valence-electron chi connectivity index (χ0n) is 10.7. The van der Waals surface area contributed by atoms with Gasteiger partial charge >= 0.3 is 0 Å². The first-order valence-corrected chi connectivity index (χ1v) is 6.01. The Morgan fingerprint density at radius 3 is 2.80 bits per heavy atom. The molecule has 1 amide bonds. The van der Waals surface area contributed by atoms with Gasteiger partial charge in [-0.15, -0.1) is 0 Å². The second-order valence-corrected chi connectivity index (χ2v) is 4.24. The van der Waals surface area contributed by atoms with Crippen molar-refractivity contribution in [3.63, 3.8) is 0 Å².